The lowest BCUT2D eigenvalue weighted by Crippen LogP contribution is -2.37. The first-order chi connectivity index (χ1) is 6.83. The highest BCUT2D eigenvalue weighted by molar-refractivity contribution is 5.52. The van der Waals surface area contributed by atoms with Gasteiger partial charge in [0, 0.05) is 13.1 Å². The van der Waals surface area contributed by atoms with E-state index in [0.717, 1.165) is 0 Å². The van der Waals surface area contributed by atoms with Crippen molar-refractivity contribution in [3.05, 3.63) is 15.9 Å². The predicted octanol–water partition coefficient (Wildman–Crippen LogP) is -0.589. The second kappa shape index (κ2) is 3.55. The van der Waals surface area contributed by atoms with Gasteiger partial charge in [0.2, 0.25) is 0 Å². The molecule has 1 aromatic rings. The number of nitrogens with one attached hydrogen (secondary N) is 2. The molecular weight excluding hydrogens is 184 g/mol. The van der Waals surface area contributed by atoms with E-state index in [2.05, 4.69) is 10.2 Å². The monoisotopic (exact) mass is 194 g/mol. The summed E-state index contributed by atoms with van der Waals surface area (Å²) in [6, 6.07) is 1.88. The molecule has 74 valence electrons. The number of anilines is 1. The van der Waals surface area contributed by atoms with E-state index in [1.165, 1.54) is 0 Å². The van der Waals surface area contributed by atoms with Crippen LogP contribution in [0.5, 0.6) is 0 Å². The van der Waals surface area contributed by atoms with Gasteiger partial charge in [-0.1, -0.05) is 0 Å². The van der Waals surface area contributed by atoms with Gasteiger partial charge in [-0.25, -0.2) is 0 Å². The van der Waals surface area contributed by atoms with Crippen molar-refractivity contribution in [3.63, 3.8) is 0 Å². The van der Waals surface area contributed by atoms with Gasteiger partial charge in [0.05, 0.1) is 13.2 Å². The zero-order valence-electron chi connectivity index (χ0n) is 7.54. The molecule has 2 N–H and O–H groups in total. The van der Waals surface area contributed by atoms with Crippen molar-refractivity contribution in [2.75, 3.05) is 31.2 Å². The van der Waals surface area contributed by atoms with Crippen LogP contribution in [0.4, 0.5) is 5.82 Å². The van der Waals surface area contributed by atoms with Gasteiger partial charge in [-0.15, -0.1) is 0 Å². The molecule has 2 heterocycles. The Morgan fingerprint density at radius 2 is 2.07 bits per heavy atom. The Bertz CT molecular complexity index is 408. The Hall–Kier alpha value is -1.74. The molecule has 1 aliphatic heterocycles. The molecule has 1 aliphatic rings. The summed E-state index contributed by atoms with van der Waals surface area (Å²) in [5.74, 6) is 0.570. The molecule has 14 heavy (non-hydrogen) atoms. The number of nitriles is 1. The maximum absolute atomic E-state index is 11.1. The van der Waals surface area contributed by atoms with Gasteiger partial charge in [0.25, 0.3) is 5.56 Å². The number of ether oxygens (including phenoxy) is 1. The van der Waals surface area contributed by atoms with E-state index < -0.39 is 0 Å². The van der Waals surface area contributed by atoms with Crippen LogP contribution >= 0.6 is 0 Å². The number of aromatic amines is 2. The third kappa shape index (κ3) is 1.38. The number of morpholine rings is 1. The van der Waals surface area contributed by atoms with E-state index in [1.54, 1.807) is 0 Å². The minimum Gasteiger partial charge on any atom is -0.378 e. The van der Waals surface area contributed by atoms with E-state index in [9.17, 15) is 4.79 Å². The molecule has 6 nitrogen and oxygen atoms in total. The lowest BCUT2D eigenvalue weighted by atomic mass is 10.3. The van der Waals surface area contributed by atoms with Crippen molar-refractivity contribution >= 4 is 5.82 Å². The second-order valence-electron chi connectivity index (χ2n) is 3.01. The van der Waals surface area contributed by atoms with Gasteiger partial charge in [0.15, 0.2) is 5.56 Å². The Balaban J connectivity index is 2.31. The van der Waals surface area contributed by atoms with Gasteiger partial charge < -0.3 is 9.64 Å². The third-order valence-corrected chi connectivity index (χ3v) is 2.20. The van der Waals surface area contributed by atoms with Crippen LogP contribution < -0.4 is 10.5 Å². The molecule has 1 aromatic heterocycles. The van der Waals surface area contributed by atoms with Crippen LogP contribution in [0.15, 0.2) is 4.79 Å². The van der Waals surface area contributed by atoms with Crippen molar-refractivity contribution in [1.82, 2.24) is 10.2 Å². The Morgan fingerprint density at radius 1 is 1.36 bits per heavy atom. The molecule has 6 heteroatoms. The Labute approximate surface area is 80.1 Å². The van der Waals surface area contributed by atoms with E-state index in [4.69, 9.17) is 10.00 Å². The molecule has 0 atom stereocenters. The second-order valence-corrected chi connectivity index (χ2v) is 3.01. The van der Waals surface area contributed by atoms with Crippen LogP contribution in [-0.4, -0.2) is 36.5 Å². The Kier molecular flexibility index (Phi) is 2.24. The molecule has 2 rings (SSSR count). The van der Waals surface area contributed by atoms with Crippen LogP contribution in [-0.2, 0) is 4.74 Å². The topological polar surface area (TPSA) is 84.9 Å². The molecule has 0 radical (unpaired) electrons. The SMILES string of the molecule is N#Cc1c(N2CCOCC2)[nH][nH]c1=O. The van der Waals surface area contributed by atoms with Gasteiger partial charge in [0.1, 0.15) is 11.9 Å². The summed E-state index contributed by atoms with van der Waals surface area (Å²) >= 11 is 0. The maximum Gasteiger partial charge on any atom is 0.284 e. The zero-order valence-corrected chi connectivity index (χ0v) is 7.54. The average Bonchev–Trinajstić information content (AvgIpc) is 2.61. The summed E-state index contributed by atoms with van der Waals surface area (Å²) in [4.78, 5) is 13.1. The van der Waals surface area contributed by atoms with Crippen molar-refractivity contribution in [2.24, 2.45) is 0 Å². The first-order valence-corrected chi connectivity index (χ1v) is 4.36. The van der Waals surface area contributed by atoms with Gasteiger partial charge in [-0.05, 0) is 0 Å². The molecule has 0 spiro atoms. The van der Waals surface area contributed by atoms with Crippen LogP contribution in [0.25, 0.3) is 0 Å². The number of hydrogen-bond donors (Lipinski definition) is 2. The summed E-state index contributed by atoms with van der Waals surface area (Å²) < 4.78 is 5.17. The van der Waals surface area contributed by atoms with Crippen molar-refractivity contribution in [3.8, 4) is 6.07 Å². The first kappa shape index (κ1) is 8.84. The summed E-state index contributed by atoms with van der Waals surface area (Å²) in [7, 11) is 0. The van der Waals surface area contributed by atoms with Crippen LogP contribution in [0.3, 0.4) is 0 Å². The molecule has 0 bridgehead atoms. The summed E-state index contributed by atoms with van der Waals surface area (Å²) in [6.07, 6.45) is 0. The van der Waals surface area contributed by atoms with Gasteiger partial charge in [-0.2, -0.15) is 5.26 Å². The highest BCUT2D eigenvalue weighted by Crippen LogP contribution is 2.13. The normalized spacial score (nSPS) is 16.6. The molecule has 1 fully saturated rings. The number of aromatic nitrogens is 2. The number of rotatable bonds is 1. The smallest absolute Gasteiger partial charge is 0.284 e. The van der Waals surface area contributed by atoms with Crippen molar-refractivity contribution < 1.29 is 4.74 Å². The van der Waals surface area contributed by atoms with E-state index >= 15 is 0 Å². The molecular formula is C8H10N4O2. The fraction of sp³-hybridized carbons (Fsp3) is 0.500. The average molecular weight is 194 g/mol. The number of nitrogens with zero attached hydrogens (tertiary/aromatic N) is 2. The highest BCUT2D eigenvalue weighted by Gasteiger charge is 2.18. The number of H-pyrrole nitrogens is 2. The molecule has 0 saturated carbocycles. The predicted molar refractivity (Wildman–Crippen MR) is 49.2 cm³/mol. The summed E-state index contributed by atoms with van der Waals surface area (Å²) in [5, 5.41) is 13.9. The largest absolute Gasteiger partial charge is 0.378 e. The zero-order chi connectivity index (χ0) is 9.97. The van der Waals surface area contributed by atoms with Gasteiger partial charge >= 0.3 is 0 Å². The lowest BCUT2D eigenvalue weighted by Gasteiger charge is -2.27. The quantitative estimate of drug-likeness (QED) is 0.625. The Morgan fingerprint density at radius 3 is 2.71 bits per heavy atom. The van der Waals surface area contributed by atoms with Crippen molar-refractivity contribution in [2.45, 2.75) is 0 Å². The van der Waals surface area contributed by atoms with Crippen LogP contribution in [0, 0.1) is 11.3 Å². The maximum atomic E-state index is 11.1. The summed E-state index contributed by atoms with van der Waals surface area (Å²) in [5.41, 5.74) is -0.221. The molecule has 1 saturated heterocycles. The van der Waals surface area contributed by atoms with E-state index in [1.807, 2.05) is 11.0 Å². The molecule has 0 aliphatic carbocycles. The van der Waals surface area contributed by atoms with Crippen LogP contribution in [0.1, 0.15) is 5.56 Å². The minimum atomic E-state index is -0.367. The van der Waals surface area contributed by atoms with Gasteiger partial charge in [-0.3, -0.25) is 15.0 Å². The molecule has 0 aromatic carbocycles. The van der Waals surface area contributed by atoms with Crippen molar-refractivity contribution in [1.29, 1.82) is 5.26 Å². The van der Waals surface area contributed by atoms with E-state index in [-0.39, 0.29) is 11.1 Å². The lowest BCUT2D eigenvalue weighted by molar-refractivity contribution is 0.122. The van der Waals surface area contributed by atoms with E-state index in [0.29, 0.717) is 32.1 Å². The number of hydrogen-bond acceptors (Lipinski definition) is 4. The highest BCUT2D eigenvalue weighted by atomic mass is 16.5. The first-order valence-electron chi connectivity index (χ1n) is 4.36. The minimum absolute atomic E-state index is 0.145. The third-order valence-electron chi connectivity index (χ3n) is 2.20. The summed E-state index contributed by atoms with van der Waals surface area (Å²) in [6.45, 7) is 2.64. The molecule has 0 amide bonds. The fourth-order valence-corrected chi connectivity index (χ4v) is 1.48. The fourth-order valence-electron chi connectivity index (χ4n) is 1.48. The standard InChI is InChI=1S/C8H10N4O2/c9-5-6-7(10-11-8(6)13)12-1-3-14-4-2-12/h1-4H2,(H2,10,11,13). The molecule has 0 unspecified atom stereocenters. The van der Waals surface area contributed by atoms with Crippen LogP contribution in [0.2, 0.25) is 0 Å².